The van der Waals surface area contributed by atoms with Crippen molar-refractivity contribution in [2.45, 2.75) is 38.4 Å². The van der Waals surface area contributed by atoms with Crippen LogP contribution in [-0.2, 0) is 11.0 Å². The smallest absolute Gasteiger partial charge is 0.416 e. The van der Waals surface area contributed by atoms with Gasteiger partial charge in [0, 0.05) is 12.2 Å². The van der Waals surface area contributed by atoms with Gasteiger partial charge in [0.25, 0.3) is 0 Å². The first-order valence-corrected chi connectivity index (χ1v) is 6.26. The molecule has 1 aliphatic rings. The summed E-state index contributed by atoms with van der Waals surface area (Å²) in [5.74, 6) is -0.890. The van der Waals surface area contributed by atoms with Crippen LogP contribution in [0.1, 0.15) is 31.7 Å². The topological polar surface area (TPSA) is 62.2 Å². The van der Waals surface area contributed by atoms with Gasteiger partial charge < -0.3 is 10.4 Å². The van der Waals surface area contributed by atoms with Gasteiger partial charge in [0.15, 0.2) is 0 Å². The molecule has 1 aromatic rings. The number of carboxylic acids is 1. The number of rotatable bonds is 3. The summed E-state index contributed by atoms with van der Waals surface area (Å²) < 4.78 is 37.8. The number of aromatic nitrogens is 1. The number of hydrogen-bond acceptors (Lipinski definition) is 3. The Hall–Kier alpha value is -1.79. The molecule has 1 aliphatic carbocycles. The van der Waals surface area contributed by atoms with Gasteiger partial charge in [-0.2, -0.15) is 13.2 Å². The molecule has 1 aromatic heterocycles. The van der Waals surface area contributed by atoms with Crippen LogP contribution in [0.5, 0.6) is 0 Å². The summed E-state index contributed by atoms with van der Waals surface area (Å²) in [6.45, 7) is 1.60. The van der Waals surface area contributed by atoms with E-state index in [4.69, 9.17) is 0 Å². The Labute approximate surface area is 114 Å². The second-order valence-electron chi connectivity index (χ2n) is 5.24. The van der Waals surface area contributed by atoms with Gasteiger partial charge in [-0.3, -0.25) is 4.79 Å². The molecule has 0 spiro atoms. The molecular formula is C13H15F3N2O2. The molecule has 0 bridgehead atoms. The van der Waals surface area contributed by atoms with Gasteiger partial charge in [-0.25, -0.2) is 4.98 Å². The maximum Gasteiger partial charge on any atom is 0.416 e. The molecule has 7 heteroatoms. The highest BCUT2D eigenvalue weighted by Gasteiger charge is 2.45. The van der Waals surface area contributed by atoms with Crippen LogP contribution < -0.4 is 5.32 Å². The highest BCUT2D eigenvalue weighted by atomic mass is 19.4. The Kier molecular flexibility index (Phi) is 3.62. The standard InChI is InChI=1S/C13H15F3N2O2/c1-12(11(19)20)5-2-3-9(12)18-10-7-8(4-6-17-10)13(14,15)16/h4,6-7,9H,2-3,5H2,1H3,(H,17,18)(H,19,20). The zero-order valence-electron chi connectivity index (χ0n) is 10.9. The van der Waals surface area contributed by atoms with Gasteiger partial charge in [0.05, 0.1) is 11.0 Å². The minimum Gasteiger partial charge on any atom is -0.481 e. The lowest BCUT2D eigenvalue weighted by molar-refractivity contribution is -0.148. The van der Waals surface area contributed by atoms with E-state index in [-0.39, 0.29) is 5.82 Å². The predicted molar refractivity (Wildman–Crippen MR) is 66.2 cm³/mol. The van der Waals surface area contributed by atoms with Crippen LogP contribution in [0.2, 0.25) is 0 Å². The van der Waals surface area contributed by atoms with E-state index in [2.05, 4.69) is 10.3 Å². The number of hydrogen-bond donors (Lipinski definition) is 2. The average Bonchev–Trinajstić information content (AvgIpc) is 2.72. The number of halogens is 3. The lowest BCUT2D eigenvalue weighted by Gasteiger charge is -2.28. The molecule has 110 valence electrons. The van der Waals surface area contributed by atoms with Crippen molar-refractivity contribution in [3.8, 4) is 0 Å². The number of anilines is 1. The first-order chi connectivity index (χ1) is 9.23. The molecule has 0 saturated heterocycles. The predicted octanol–water partition coefficient (Wildman–Crippen LogP) is 3.16. The van der Waals surface area contributed by atoms with Crippen molar-refractivity contribution in [3.63, 3.8) is 0 Å². The molecule has 4 nitrogen and oxygen atoms in total. The molecule has 2 N–H and O–H groups in total. The Bertz CT molecular complexity index is 519. The third-order valence-electron chi connectivity index (χ3n) is 3.86. The Balaban J connectivity index is 2.20. The molecule has 20 heavy (non-hydrogen) atoms. The third kappa shape index (κ3) is 2.71. The summed E-state index contributed by atoms with van der Waals surface area (Å²) in [7, 11) is 0. The van der Waals surface area contributed by atoms with Gasteiger partial charge >= 0.3 is 12.1 Å². The molecule has 2 rings (SSSR count). The van der Waals surface area contributed by atoms with Gasteiger partial charge in [0.2, 0.25) is 0 Å². The Morgan fingerprint density at radius 3 is 2.85 bits per heavy atom. The number of pyridine rings is 1. The highest BCUT2D eigenvalue weighted by molar-refractivity contribution is 5.76. The number of nitrogens with zero attached hydrogens (tertiary/aromatic N) is 1. The Morgan fingerprint density at radius 1 is 1.55 bits per heavy atom. The summed E-state index contributed by atoms with van der Waals surface area (Å²) >= 11 is 0. The lowest BCUT2D eigenvalue weighted by Crippen LogP contribution is -2.40. The maximum absolute atomic E-state index is 12.6. The summed E-state index contributed by atoms with van der Waals surface area (Å²) in [5, 5.41) is 12.1. The van der Waals surface area contributed by atoms with Gasteiger partial charge in [-0.05, 0) is 31.9 Å². The monoisotopic (exact) mass is 288 g/mol. The highest BCUT2D eigenvalue weighted by Crippen LogP contribution is 2.40. The van der Waals surface area contributed by atoms with Crippen LogP contribution >= 0.6 is 0 Å². The summed E-state index contributed by atoms with van der Waals surface area (Å²) in [4.78, 5) is 15.1. The normalized spacial score (nSPS) is 26.5. The average molecular weight is 288 g/mol. The number of nitrogens with one attached hydrogen (secondary N) is 1. The summed E-state index contributed by atoms with van der Waals surface area (Å²) in [6.07, 6.45) is -1.55. The zero-order chi connectivity index (χ0) is 15.0. The van der Waals surface area contributed by atoms with Crippen molar-refractivity contribution in [2.24, 2.45) is 5.41 Å². The van der Waals surface area contributed by atoms with E-state index in [0.717, 1.165) is 24.8 Å². The van der Waals surface area contributed by atoms with Crippen molar-refractivity contribution < 1.29 is 23.1 Å². The van der Waals surface area contributed by atoms with E-state index in [1.807, 2.05) is 0 Å². The fraction of sp³-hybridized carbons (Fsp3) is 0.538. The minimum absolute atomic E-state index is 0.0548. The van der Waals surface area contributed by atoms with E-state index in [1.165, 1.54) is 0 Å². The van der Waals surface area contributed by atoms with Crippen LogP contribution in [0.15, 0.2) is 18.3 Å². The molecule has 1 saturated carbocycles. The molecule has 1 heterocycles. The fourth-order valence-electron chi connectivity index (χ4n) is 2.52. The first-order valence-electron chi connectivity index (χ1n) is 6.26. The van der Waals surface area contributed by atoms with E-state index < -0.39 is 29.2 Å². The second kappa shape index (κ2) is 4.96. The Morgan fingerprint density at radius 2 is 2.25 bits per heavy atom. The van der Waals surface area contributed by atoms with E-state index in [1.54, 1.807) is 6.92 Å². The van der Waals surface area contributed by atoms with Gasteiger partial charge in [-0.1, -0.05) is 6.42 Å². The molecule has 2 unspecified atom stereocenters. The van der Waals surface area contributed by atoms with Gasteiger partial charge in [0.1, 0.15) is 5.82 Å². The largest absolute Gasteiger partial charge is 0.481 e. The maximum atomic E-state index is 12.6. The molecule has 0 aromatic carbocycles. The SMILES string of the molecule is CC1(C(=O)O)CCCC1Nc1cc(C(F)(F)F)ccn1. The van der Waals surface area contributed by atoms with E-state index >= 15 is 0 Å². The van der Waals surface area contributed by atoms with Crippen LogP contribution in [0.3, 0.4) is 0 Å². The fourth-order valence-corrected chi connectivity index (χ4v) is 2.52. The molecule has 0 radical (unpaired) electrons. The lowest BCUT2D eigenvalue weighted by atomic mass is 9.85. The molecular weight excluding hydrogens is 273 g/mol. The van der Waals surface area contributed by atoms with Crippen molar-refractivity contribution >= 4 is 11.8 Å². The van der Waals surface area contributed by atoms with Crippen molar-refractivity contribution in [2.75, 3.05) is 5.32 Å². The summed E-state index contributed by atoms with van der Waals surface area (Å²) in [5.41, 5.74) is -1.78. The first kappa shape index (κ1) is 14.6. The van der Waals surface area contributed by atoms with Crippen molar-refractivity contribution in [3.05, 3.63) is 23.9 Å². The quantitative estimate of drug-likeness (QED) is 0.897. The van der Waals surface area contributed by atoms with Crippen molar-refractivity contribution in [1.82, 2.24) is 4.98 Å². The molecule has 0 aliphatic heterocycles. The van der Waals surface area contributed by atoms with Crippen LogP contribution in [-0.4, -0.2) is 22.1 Å². The third-order valence-corrected chi connectivity index (χ3v) is 3.86. The zero-order valence-corrected chi connectivity index (χ0v) is 10.9. The van der Waals surface area contributed by atoms with Gasteiger partial charge in [-0.15, -0.1) is 0 Å². The van der Waals surface area contributed by atoms with Crippen LogP contribution in [0.25, 0.3) is 0 Å². The summed E-state index contributed by atoms with van der Waals surface area (Å²) in [6, 6.07) is 1.37. The number of carbonyl (C=O) groups is 1. The van der Waals surface area contributed by atoms with Crippen LogP contribution in [0.4, 0.5) is 19.0 Å². The number of carboxylic acid groups (broad SMARTS) is 1. The minimum atomic E-state index is -4.44. The molecule has 2 atom stereocenters. The number of alkyl halides is 3. The number of aliphatic carboxylic acids is 1. The van der Waals surface area contributed by atoms with E-state index in [0.29, 0.717) is 12.8 Å². The van der Waals surface area contributed by atoms with Crippen LogP contribution in [0, 0.1) is 5.41 Å². The van der Waals surface area contributed by atoms with Crippen molar-refractivity contribution in [1.29, 1.82) is 0 Å². The molecule has 1 fully saturated rings. The molecule has 0 amide bonds. The second-order valence-corrected chi connectivity index (χ2v) is 5.24. The van der Waals surface area contributed by atoms with E-state index in [9.17, 15) is 23.1 Å².